The Labute approximate surface area is 185 Å². The number of hydrogen-bond donors (Lipinski definition) is 1. The summed E-state index contributed by atoms with van der Waals surface area (Å²) in [6.07, 6.45) is 2.00. The Morgan fingerprint density at radius 3 is 2.52 bits per heavy atom. The van der Waals surface area contributed by atoms with Crippen LogP contribution in [0.4, 0.5) is 5.82 Å². The largest absolute Gasteiger partial charge is 0.384 e. The molecule has 0 spiro atoms. The Hall–Kier alpha value is -3.43. The fourth-order valence-corrected chi connectivity index (χ4v) is 5.30. The molecule has 0 bridgehead atoms. The summed E-state index contributed by atoms with van der Waals surface area (Å²) < 4.78 is 4.89. The summed E-state index contributed by atoms with van der Waals surface area (Å²) in [7, 11) is 2.01. The van der Waals surface area contributed by atoms with Crippen molar-refractivity contribution in [1.82, 2.24) is 29.1 Å². The number of thioether (sulfide) groups is 1. The summed E-state index contributed by atoms with van der Waals surface area (Å²) in [5, 5.41) is 6.38. The highest BCUT2D eigenvalue weighted by molar-refractivity contribution is 7.98. The number of para-hydroxylation sites is 3. The first kappa shape index (κ1) is 18.3. The van der Waals surface area contributed by atoms with E-state index in [1.165, 1.54) is 0 Å². The van der Waals surface area contributed by atoms with Gasteiger partial charge in [0.25, 0.3) is 0 Å². The van der Waals surface area contributed by atoms with Gasteiger partial charge in [-0.3, -0.25) is 0 Å². The molecule has 2 N–H and O–H groups in total. The van der Waals surface area contributed by atoms with Crippen molar-refractivity contribution in [1.29, 1.82) is 0 Å². The minimum absolute atomic E-state index is 0.513. The SMILES string of the molecule is CSc1nn2c(N)cc(-c3nc4ccccc4s3)nc2c1-c1nc2ccccc2n1C. The lowest BCUT2D eigenvalue weighted by Crippen LogP contribution is -2.02. The van der Waals surface area contributed by atoms with Crippen molar-refractivity contribution in [2.45, 2.75) is 5.03 Å². The summed E-state index contributed by atoms with van der Waals surface area (Å²) in [5.74, 6) is 1.33. The van der Waals surface area contributed by atoms with Crippen LogP contribution in [-0.2, 0) is 7.05 Å². The third kappa shape index (κ3) is 2.74. The van der Waals surface area contributed by atoms with Crippen LogP contribution in [0, 0.1) is 0 Å². The molecule has 0 saturated heterocycles. The van der Waals surface area contributed by atoms with Crippen LogP contribution >= 0.6 is 23.1 Å². The summed E-state index contributed by atoms with van der Waals surface area (Å²) in [4.78, 5) is 14.6. The van der Waals surface area contributed by atoms with Crippen molar-refractivity contribution in [2.24, 2.45) is 7.05 Å². The molecule has 6 aromatic rings. The Kier molecular flexibility index (Phi) is 4.02. The summed E-state index contributed by atoms with van der Waals surface area (Å²) >= 11 is 3.16. The molecule has 0 amide bonds. The number of anilines is 1. The van der Waals surface area contributed by atoms with Crippen LogP contribution in [0.25, 0.3) is 49.0 Å². The van der Waals surface area contributed by atoms with Gasteiger partial charge in [0.1, 0.15) is 27.4 Å². The number of benzene rings is 2. The Morgan fingerprint density at radius 2 is 1.74 bits per heavy atom. The molecule has 0 saturated carbocycles. The van der Waals surface area contributed by atoms with E-state index >= 15 is 0 Å². The zero-order chi connectivity index (χ0) is 21.1. The van der Waals surface area contributed by atoms with Gasteiger partial charge in [-0.2, -0.15) is 9.61 Å². The van der Waals surface area contributed by atoms with Gasteiger partial charge >= 0.3 is 0 Å². The predicted octanol–water partition coefficient (Wildman–Crippen LogP) is 4.86. The van der Waals surface area contributed by atoms with Crippen molar-refractivity contribution in [3.8, 4) is 22.1 Å². The number of hydrogen-bond acceptors (Lipinski definition) is 7. The van der Waals surface area contributed by atoms with Gasteiger partial charge < -0.3 is 10.3 Å². The smallest absolute Gasteiger partial charge is 0.170 e. The van der Waals surface area contributed by atoms with E-state index in [1.807, 2.05) is 55.8 Å². The Bertz CT molecular complexity index is 1580. The lowest BCUT2D eigenvalue weighted by molar-refractivity contribution is 0.899. The van der Waals surface area contributed by atoms with Gasteiger partial charge in [-0.05, 0) is 30.5 Å². The van der Waals surface area contributed by atoms with Crippen LogP contribution in [0.5, 0.6) is 0 Å². The number of nitrogens with zero attached hydrogens (tertiary/aromatic N) is 6. The summed E-state index contributed by atoms with van der Waals surface area (Å²) in [6.45, 7) is 0. The highest BCUT2D eigenvalue weighted by Crippen LogP contribution is 2.37. The van der Waals surface area contributed by atoms with Crippen LogP contribution in [0.3, 0.4) is 0 Å². The van der Waals surface area contributed by atoms with Crippen molar-refractivity contribution in [3.63, 3.8) is 0 Å². The number of imidazole rings is 1. The van der Waals surface area contributed by atoms with E-state index < -0.39 is 0 Å². The van der Waals surface area contributed by atoms with Crippen LogP contribution in [0.15, 0.2) is 59.6 Å². The molecule has 152 valence electrons. The van der Waals surface area contributed by atoms with E-state index in [1.54, 1.807) is 27.6 Å². The average molecular weight is 444 g/mol. The first-order valence-electron chi connectivity index (χ1n) is 9.65. The van der Waals surface area contributed by atoms with Crippen molar-refractivity contribution >= 4 is 55.8 Å². The quantitative estimate of drug-likeness (QED) is 0.393. The molecular formula is C22H17N7S2. The number of fused-ring (bicyclic) bond motifs is 3. The first-order chi connectivity index (χ1) is 15.1. The van der Waals surface area contributed by atoms with Gasteiger partial charge in [-0.25, -0.2) is 15.0 Å². The van der Waals surface area contributed by atoms with Crippen LogP contribution < -0.4 is 5.73 Å². The van der Waals surface area contributed by atoms with E-state index in [-0.39, 0.29) is 0 Å². The molecule has 4 heterocycles. The minimum atomic E-state index is 0.513. The Morgan fingerprint density at radius 1 is 0.968 bits per heavy atom. The number of nitrogen functional groups attached to an aromatic ring is 1. The van der Waals surface area contributed by atoms with Crippen molar-refractivity contribution in [3.05, 3.63) is 54.6 Å². The van der Waals surface area contributed by atoms with Crippen LogP contribution in [-0.4, -0.2) is 35.4 Å². The molecule has 0 aliphatic carbocycles. The third-order valence-corrected chi connectivity index (χ3v) is 7.03. The minimum Gasteiger partial charge on any atom is -0.384 e. The second-order valence-corrected chi connectivity index (χ2v) is 8.98. The first-order valence-corrected chi connectivity index (χ1v) is 11.7. The second-order valence-electron chi connectivity index (χ2n) is 7.16. The second kappa shape index (κ2) is 6.79. The number of aryl methyl sites for hydroxylation is 1. The number of rotatable bonds is 3. The monoisotopic (exact) mass is 443 g/mol. The lowest BCUT2D eigenvalue weighted by atomic mass is 10.3. The van der Waals surface area contributed by atoms with Crippen LogP contribution in [0.1, 0.15) is 0 Å². The molecule has 0 fully saturated rings. The summed E-state index contributed by atoms with van der Waals surface area (Å²) in [5.41, 5.74) is 11.6. The van der Waals surface area contributed by atoms with E-state index in [4.69, 9.17) is 25.8 Å². The van der Waals surface area contributed by atoms with Gasteiger partial charge in [0, 0.05) is 13.1 Å². The molecule has 4 aromatic heterocycles. The van der Waals surface area contributed by atoms with Crippen LogP contribution in [0.2, 0.25) is 0 Å². The fraction of sp³-hybridized carbons (Fsp3) is 0.0909. The zero-order valence-electron chi connectivity index (χ0n) is 16.8. The standard InChI is InChI=1S/C22H17N7S2/c1-28-15-9-5-3-7-12(15)24-19(28)18-20-25-14(11-17(23)29(20)27-22(18)30-2)21-26-13-8-4-6-10-16(13)31-21/h3-11H,23H2,1-2H3. The highest BCUT2D eigenvalue weighted by Gasteiger charge is 2.23. The van der Waals surface area contributed by atoms with Crippen molar-refractivity contribution < 1.29 is 0 Å². The molecule has 0 aliphatic heterocycles. The number of nitrogens with two attached hydrogens (primary N) is 1. The highest BCUT2D eigenvalue weighted by atomic mass is 32.2. The molecular weight excluding hydrogens is 426 g/mol. The molecule has 2 aromatic carbocycles. The fourth-order valence-electron chi connectivity index (χ4n) is 3.82. The molecule has 6 rings (SSSR count). The predicted molar refractivity (Wildman–Crippen MR) is 128 cm³/mol. The lowest BCUT2D eigenvalue weighted by Gasteiger charge is -2.05. The maximum Gasteiger partial charge on any atom is 0.170 e. The average Bonchev–Trinajstić information content (AvgIpc) is 3.47. The molecule has 0 radical (unpaired) electrons. The molecule has 0 unspecified atom stereocenters. The van der Waals surface area contributed by atoms with Gasteiger partial charge in [0.05, 0.1) is 26.8 Å². The maximum absolute atomic E-state index is 6.42. The van der Waals surface area contributed by atoms with E-state index in [2.05, 4.69) is 16.7 Å². The molecule has 0 aliphatic rings. The number of aromatic nitrogens is 6. The van der Waals surface area contributed by atoms with Gasteiger partial charge in [0.2, 0.25) is 0 Å². The summed E-state index contributed by atoms with van der Waals surface area (Å²) in [6, 6.07) is 18.0. The normalized spacial score (nSPS) is 11.8. The van der Waals surface area contributed by atoms with Gasteiger partial charge in [-0.1, -0.05) is 24.3 Å². The maximum atomic E-state index is 6.42. The van der Waals surface area contributed by atoms with Crippen molar-refractivity contribution in [2.75, 3.05) is 12.0 Å². The van der Waals surface area contributed by atoms with E-state index in [0.717, 1.165) is 48.4 Å². The molecule has 7 nitrogen and oxygen atoms in total. The Balaban J connectivity index is 1.64. The molecule has 31 heavy (non-hydrogen) atoms. The van der Waals surface area contributed by atoms with Gasteiger partial charge in [0.15, 0.2) is 5.65 Å². The zero-order valence-corrected chi connectivity index (χ0v) is 18.4. The van der Waals surface area contributed by atoms with Gasteiger partial charge in [-0.15, -0.1) is 23.1 Å². The van der Waals surface area contributed by atoms with E-state index in [9.17, 15) is 0 Å². The van der Waals surface area contributed by atoms with E-state index in [0.29, 0.717) is 11.5 Å². The third-order valence-electron chi connectivity index (χ3n) is 5.30. The molecule has 0 atom stereocenters. The number of thiazole rings is 1. The topological polar surface area (TPSA) is 86.9 Å². The molecule has 9 heteroatoms.